The van der Waals surface area contributed by atoms with E-state index >= 15 is 0 Å². The van der Waals surface area contributed by atoms with Gasteiger partial charge in [-0.15, -0.1) is 5.10 Å². The van der Waals surface area contributed by atoms with Crippen LogP contribution in [0, 0.1) is 4.77 Å². The van der Waals surface area contributed by atoms with Crippen LogP contribution in [0.4, 0.5) is 0 Å². The number of nitrogens with zero attached hydrogens (tertiary/aromatic N) is 4. The van der Waals surface area contributed by atoms with Crippen LogP contribution >= 0.6 is 12.2 Å². The first-order valence-corrected chi connectivity index (χ1v) is 7.45. The number of aromatic amines is 2. The molecule has 0 unspecified atom stereocenters. The van der Waals surface area contributed by atoms with Gasteiger partial charge in [-0.2, -0.15) is 4.98 Å². The van der Waals surface area contributed by atoms with E-state index in [1.165, 1.54) is 0 Å². The molecule has 4 rings (SSSR count). The summed E-state index contributed by atoms with van der Waals surface area (Å²) in [6.07, 6.45) is 0. The van der Waals surface area contributed by atoms with Crippen LogP contribution in [0.3, 0.4) is 0 Å². The van der Waals surface area contributed by atoms with Crippen molar-refractivity contribution in [1.82, 2.24) is 29.9 Å². The van der Waals surface area contributed by atoms with Gasteiger partial charge >= 0.3 is 0 Å². The van der Waals surface area contributed by atoms with Gasteiger partial charge in [0.2, 0.25) is 10.6 Å². The molecule has 0 aliphatic rings. The molecule has 0 fully saturated rings. The van der Waals surface area contributed by atoms with E-state index in [4.69, 9.17) is 12.2 Å². The van der Waals surface area contributed by atoms with Crippen molar-refractivity contribution in [1.29, 1.82) is 0 Å². The maximum atomic E-state index is 5.00. The lowest BCUT2D eigenvalue weighted by atomic mass is 10.2. The maximum Gasteiger partial charge on any atom is 0.219 e. The molecule has 2 aromatic carbocycles. The summed E-state index contributed by atoms with van der Waals surface area (Å²) < 4.78 is 2.17. The molecule has 2 aromatic heterocycles. The Morgan fingerprint density at radius 3 is 2.17 bits per heavy atom. The van der Waals surface area contributed by atoms with Crippen molar-refractivity contribution in [3.63, 3.8) is 0 Å². The third-order valence-electron chi connectivity index (χ3n) is 3.35. The Hall–Kier alpha value is -3.06. The fraction of sp³-hybridized carbons (Fsp3) is 0. The van der Waals surface area contributed by atoms with E-state index in [1.807, 2.05) is 60.7 Å². The summed E-state index contributed by atoms with van der Waals surface area (Å²) in [4.78, 5) is 8.82. The van der Waals surface area contributed by atoms with Crippen molar-refractivity contribution in [2.75, 3.05) is 0 Å². The molecule has 112 valence electrons. The Morgan fingerprint density at radius 1 is 0.826 bits per heavy atom. The van der Waals surface area contributed by atoms with E-state index in [9.17, 15) is 0 Å². The third-order valence-corrected chi connectivity index (χ3v) is 3.55. The number of hydrogen-bond acceptors (Lipinski definition) is 4. The highest BCUT2D eigenvalue weighted by Gasteiger charge is 2.16. The van der Waals surface area contributed by atoms with Crippen molar-refractivity contribution in [3.05, 3.63) is 65.4 Å². The molecule has 2 N–H and O–H groups in total. The Kier molecular flexibility index (Phi) is 3.32. The lowest BCUT2D eigenvalue weighted by Gasteiger charge is -2.05. The van der Waals surface area contributed by atoms with Gasteiger partial charge in [0.25, 0.3) is 0 Å². The van der Waals surface area contributed by atoms with Gasteiger partial charge in [-0.1, -0.05) is 48.5 Å². The number of H-pyrrole nitrogens is 2. The molecule has 0 atom stereocenters. The third kappa shape index (κ3) is 2.58. The van der Waals surface area contributed by atoms with Crippen LogP contribution in [0.5, 0.6) is 0 Å². The van der Waals surface area contributed by atoms with Crippen LogP contribution in [0.15, 0.2) is 60.7 Å². The molecular formula is C16H12N6S. The zero-order valence-corrected chi connectivity index (χ0v) is 12.8. The van der Waals surface area contributed by atoms with Crippen LogP contribution in [-0.4, -0.2) is 29.9 Å². The number of rotatable bonds is 3. The van der Waals surface area contributed by atoms with Gasteiger partial charge in [0.05, 0.1) is 5.69 Å². The second-order valence-electron chi connectivity index (χ2n) is 4.89. The Bertz CT molecular complexity index is 927. The molecule has 6 nitrogen and oxygen atoms in total. The van der Waals surface area contributed by atoms with Crippen molar-refractivity contribution >= 4 is 12.2 Å². The number of nitrogens with one attached hydrogen (secondary N) is 2. The molecule has 0 aliphatic heterocycles. The second kappa shape index (κ2) is 5.62. The minimum atomic E-state index is 0.373. The normalized spacial score (nSPS) is 10.8. The molecule has 7 heteroatoms. The van der Waals surface area contributed by atoms with Crippen LogP contribution in [0.25, 0.3) is 28.7 Å². The summed E-state index contributed by atoms with van der Waals surface area (Å²) in [6, 6.07) is 19.8. The van der Waals surface area contributed by atoms with E-state index in [0.717, 1.165) is 17.1 Å². The minimum Gasteiger partial charge on any atom is -0.279 e. The Balaban J connectivity index is 1.93. The summed E-state index contributed by atoms with van der Waals surface area (Å²) >= 11 is 5.00. The topological polar surface area (TPSA) is 75.2 Å². The zero-order valence-electron chi connectivity index (χ0n) is 12.0. The molecule has 23 heavy (non-hydrogen) atoms. The van der Waals surface area contributed by atoms with Crippen molar-refractivity contribution < 1.29 is 0 Å². The molecule has 0 spiro atoms. The van der Waals surface area contributed by atoms with Crippen molar-refractivity contribution in [2.24, 2.45) is 0 Å². The number of para-hydroxylation sites is 1. The lowest BCUT2D eigenvalue weighted by molar-refractivity contribution is 0.886. The molecule has 0 saturated heterocycles. The van der Waals surface area contributed by atoms with E-state index in [2.05, 4.69) is 25.3 Å². The lowest BCUT2D eigenvalue weighted by Crippen LogP contribution is -1.99. The highest BCUT2D eigenvalue weighted by Crippen LogP contribution is 2.23. The Labute approximate surface area is 136 Å². The molecule has 0 bridgehead atoms. The molecule has 4 aromatic rings. The summed E-state index contributed by atoms with van der Waals surface area (Å²) in [6.45, 7) is 0. The number of hydrogen-bond donors (Lipinski definition) is 2. The molecular weight excluding hydrogens is 308 g/mol. The van der Waals surface area contributed by atoms with Gasteiger partial charge in [0, 0.05) is 5.56 Å². The van der Waals surface area contributed by atoms with Crippen LogP contribution < -0.4 is 0 Å². The van der Waals surface area contributed by atoms with Gasteiger partial charge in [0.1, 0.15) is 0 Å². The smallest absolute Gasteiger partial charge is 0.219 e. The van der Waals surface area contributed by atoms with E-state index in [1.54, 1.807) is 4.68 Å². The first kappa shape index (κ1) is 13.6. The van der Waals surface area contributed by atoms with Gasteiger partial charge < -0.3 is 0 Å². The summed E-state index contributed by atoms with van der Waals surface area (Å²) in [7, 11) is 0. The van der Waals surface area contributed by atoms with Crippen LogP contribution in [-0.2, 0) is 0 Å². The first-order valence-electron chi connectivity index (χ1n) is 7.04. The van der Waals surface area contributed by atoms with E-state index in [0.29, 0.717) is 16.4 Å². The van der Waals surface area contributed by atoms with Gasteiger partial charge in [-0.25, -0.2) is 9.67 Å². The molecule has 0 aliphatic carbocycles. The SMILES string of the molecule is S=c1nc(-c2nc(-c3ccccc3)n(-c3ccccc3)n2)[nH][nH]1. The standard InChI is InChI=1S/C16H12N6S/c23-16-18-13(19-20-16)14-17-15(11-7-3-1-4-8-11)22(21-14)12-9-5-2-6-10-12/h1-10H,(H2,18,19,20,23). The quantitative estimate of drug-likeness (QED) is 0.567. The average Bonchev–Trinajstić information content (AvgIpc) is 3.23. The predicted molar refractivity (Wildman–Crippen MR) is 89.6 cm³/mol. The van der Waals surface area contributed by atoms with Gasteiger partial charge in [0.15, 0.2) is 11.6 Å². The minimum absolute atomic E-state index is 0.373. The van der Waals surface area contributed by atoms with Crippen LogP contribution in [0.1, 0.15) is 0 Å². The second-order valence-corrected chi connectivity index (χ2v) is 5.27. The monoisotopic (exact) mass is 320 g/mol. The highest BCUT2D eigenvalue weighted by molar-refractivity contribution is 7.71. The summed E-state index contributed by atoms with van der Waals surface area (Å²) in [5.41, 5.74) is 1.91. The van der Waals surface area contributed by atoms with Gasteiger partial charge in [-0.3, -0.25) is 10.2 Å². The fourth-order valence-corrected chi connectivity index (χ4v) is 2.45. The van der Waals surface area contributed by atoms with Crippen molar-refractivity contribution in [2.45, 2.75) is 0 Å². The first-order chi connectivity index (χ1) is 11.3. The Morgan fingerprint density at radius 2 is 1.52 bits per heavy atom. The zero-order chi connectivity index (χ0) is 15.6. The number of aromatic nitrogens is 6. The maximum absolute atomic E-state index is 5.00. The largest absolute Gasteiger partial charge is 0.279 e. The molecule has 0 amide bonds. The molecule has 0 saturated carbocycles. The van der Waals surface area contributed by atoms with Gasteiger partial charge in [-0.05, 0) is 24.4 Å². The molecule has 0 radical (unpaired) electrons. The predicted octanol–water partition coefficient (Wildman–Crippen LogP) is 3.38. The summed E-state index contributed by atoms with van der Waals surface area (Å²) in [5.74, 6) is 1.75. The van der Waals surface area contributed by atoms with Crippen molar-refractivity contribution in [3.8, 4) is 28.7 Å². The fourth-order valence-electron chi connectivity index (χ4n) is 2.31. The van der Waals surface area contributed by atoms with E-state index in [-0.39, 0.29) is 0 Å². The van der Waals surface area contributed by atoms with E-state index < -0.39 is 0 Å². The molecule has 2 heterocycles. The van der Waals surface area contributed by atoms with Crippen LogP contribution in [0.2, 0.25) is 0 Å². The highest BCUT2D eigenvalue weighted by atomic mass is 32.1. The average molecular weight is 320 g/mol. The summed E-state index contributed by atoms with van der Waals surface area (Å²) in [5, 5.41) is 10.2. The number of benzene rings is 2.